The Morgan fingerprint density at radius 1 is 1.04 bits per heavy atom. The van der Waals surface area contributed by atoms with Gasteiger partial charge in [0.15, 0.2) is 0 Å². The van der Waals surface area contributed by atoms with Gasteiger partial charge in [0, 0.05) is 5.41 Å². The highest BCUT2D eigenvalue weighted by atomic mass is 16.5. The topological polar surface area (TPSA) is 93.1 Å². The molecular formula is C18H28O6. The summed E-state index contributed by atoms with van der Waals surface area (Å²) in [5.41, 5.74) is 0.0532. The molecule has 0 aliphatic carbocycles. The molecule has 0 spiro atoms. The second kappa shape index (κ2) is 10.1. The molecule has 0 aliphatic heterocycles. The largest absolute Gasteiger partial charge is 0.465 e. The third-order valence-corrected chi connectivity index (χ3v) is 3.58. The fourth-order valence-corrected chi connectivity index (χ4v) is 2.05. The number of benzene rings is 1. The second-order valence-corrected chi connectivity index (χ2v) is 6.36. The lowest BCUT2D eigenvalue weighted by molar-refractivity contribution is -0.0204. The minimum atomic E-state index is -0.550. The van der Waals surface area contributed by atoms with Crippen molar-refractivity contribution in [3.63, 3.8) is 0 Å². The molecule has 1 unspecified atom stereocenters. The van der Waals surface area contributed by atoms with Gasteiger partial charge in [-0.3, -0.25) is 0 Å². The molecule has 6 heteroatoms. The molecular weight excluding hydrogens is 312 g/mol. The van der Waals surface area contributed by atoms with Crippen molar-refractivity contribution in [2.75, 3.05) is 20.8 Å². The zero-order valence-corrected chi connectivity index (χ0v) is 15.2. The van der Waals surface area contributed by atoms with E-state index in [-0.39, 0.29) is 29.1 Å². The number of methoxy groups -OCH3 is 2. The van der Waals surface area contributed by atoms with Gasteiger partial charge in [0.1, 0.15) is 0 Å². The van der Waals surface area contributed by atoms with Gasteiger partial charge in [0.05, 0.1) is 38.1 Å². The summed E-state index contributed by atoms with van der Waals surface area (Å²) >= 11 is 0. The monoisotopic (exact) mass is 340 g/mol. The summed E-state index contributed by atoms with van der Waals surface area (Å²) < 4.78 is 9.05. The Morgan fingerprint density at radius 3 is 1.62 bits per heavy atom. The highest BCUT2D eigenvalue weighted by Gasteiger charge is 2.28. The summed E-state index contributed by atoms with van der Waals surface area (Å²) in [6, 6.07) is 6.33. The van der Waals surface area contributed by atoms with E-state index in [9.17, 15) is 14.7 Å². The van der Waals surface area contributed by atoms with E-state index in [0.29, 0.717) is 0 Å². The highest BCUT2D eigenvalue weighted by molar-refractivity contribution is 6.02. The summed E-state index contributed by atoms with van der Waals surface area (Å²) in [6.07, 6.45) is -0.419. The quantitative estimate of drug-likeness (QED) is 0.799. The van der Waals surface area contributed by atoms with Crippen LogP contribution < -0.4 is 0 Å². The molecule has 0 amide bonds. The first-order valence-electron chi connectivity index (χ1n) is 7.67. The fraction of sp³-hybridized carbons (Fsp3) is 0.556. The lowest BCUT2D eigenvalue weighted by Crippen LogP contribution is -2.36. The maximum Gasteiger partial charge on any atom is 0.338 e. The molecule has 2 N–H and O–H groups in total. The molecule has 6 nitrogen and oxygen atoms in total. The van der Waals surface area contributed by atoms with Gasteiger partial charge in [-0.2, -0.15) is 0 Å². The predicted molar refractivity (Wildman–Crippen MR) is 90.8 cm³/mol. The van der Waals surface area contributed by atoms with Crippen LogP contribution in [0.15, 0.2) is 24.3 Å². The first-order chi connectivity index (χ1) is 11.1. The third kappa shape index (κ3) is 6.29. The molecule has 1 rings (SSSR count). The molecule has 1 aromatic carbocycles. The number of esters is 2. The third-order valence-electron chi connectivity index (χ3n) is 3.58. The molecule has 0 aromatic heterocycles. The smallest absolute Gasteiger partial charge is 0.338 e. The van der Waals surface area contributed by atoms with Crippen LogP contribution in [0.5, 0.6) is 0 Å². The molecule has 0 fully saturated rings. The van der Waals surface area contributed by atoms with Gasteiger partial charge < -0.3 is 19.7 Å². The van der Waals surface area contributed by atoms with Crippen LogP contribution in [0.3, 0.4) is 0 Å². The van der Waals surface area contributed by atoms with Gasteiger partial charge in [0.2, 0.25) is 0 Å². The summed E-state index contributed by atoms with van der Waals surface area (Å²) in [4.78, 5) is 22.4. The first kappa shape index (κ1) is 22.1. The minimum absolute atomic E-state index is 0.0341. The number of rotatable bonds is 5. The SMILES string of the molecule is CC(C)C(O)C(C)(C)CO.COC(=O)c1ccccc1C(=O)OC. The predicted octanol–water partition coefficient (Wildman–Crippen LogP) is 2.28. The Labute approximate surface area is 143 Å². The van der Waals surface area contributed by atoms with E-state index in [4.69, 9.17) is 5.11 Å². The normalized spacial score (nSPS) is 12.0. The summed E-state index contributed by atoms with van der Waals surface area (Å²) in [5.74, 6) is -0.890. The molecule has 0 aliphatic rings. The van der Waals surface area contributed by atoms with Crippen LogP contribution in [-0.2, 0) is 9.47 Å². The van der Waals surface area contributed by atoms with E-state index in [1.807, 2.05) is 27.7 Å². The summed E-state index contributed by atoms with van der Waals surface area (Å²) in [5, 5.41) is 18.3. The van der Waals surface area contributed by atoms with E-state index in [0.717, 1.165) is 0 Å². The molecule has 0 saturated carbocycles. The standard InChI is InChI=1S/C10H10O4.C8H18O2/c1-13-9(11)7-5-3-4-6-8(7)10(12)14-2;1-6(2)7(10)8(3,4)5-9/h3-6H,1-2H3;6-7,9-10H,5H2,1-4H3. The van der Waals surface area contributed by atoms with Crippen molar-refractivity contribution in [3.8, 4) is 0 Å². The van der Waals surface area contributed by atoms with Crippen LogP contribution in [0.25, 0.3) is 0 Å². The fourth-order valence-electron chi connectivity index (χ4n) is 2.05. The van der Waals surface area contributed by atoms with E-state index < -0.39 is 18.0 Å². The highest BCUT2D eigenvalue weighted by Crippen LogP contribution is 2.24. The van der Waals surface area contributed by atoms with Crippen LogP contribution in [0.2, 0.25) is 0 Å². The number of carbonyl (C=O) groups excluding carboxylic acids is 2. The number of carbonyl (C=O) groups is 2. The molecule has 0 saturated heterocycles. The van der Waals surface area contributed by atoms with Gasteiger partial charge in [-0.15, -0.1) is 0 Å². The van der Waals surface area contributed by atoms with Gasteiger partial charge in [-0.25, -0.2) is 9.59 Å². The molecule has 136 valence electrons. The van der Waals surface area contributed by atoms with Crippen molar-refractivity contribution in [2.24, 2.45) is 11.3 Å². The Balaban J connectivity index is 0.000000470. The molecule has 1 aromatic rings. The van der Waals surface area contributed by atoms with Crippen molar-refractivity contribution in [1.29, 1.82) is 0 Å². The van der Waals surface area contributed by atoms with Crippen LogP contribution >= 0.6 is 0 Å². The Hall–Kier alpha value is -1.92. The lowest BCUT2D eigenvalue weighted by Gasteiger charge is -2.30. The average molecular weight is 340 g/mol. The minimum Gasteiger partial charge on any atom is -0.465 e. The maximum absolute atomic E-state index is 11.2. The van der Waals surface area contributed by atoms with Gasteiger partial charge in [-0.05, 0) is 18.1 Å². The molecule has 0 radical (unpaired) electrons. The second-order valence-electron chi connectivity index (χ2n) is 6.36. The molecule has 1 atom stereocenters. The lowest BCUT2D eigenvalue weighted by atomic mass is 9.82. The molecule has 24 heavy (non-hydrogen) atoms. The van der Waals surface area contributed by atoms with Gasteiger partial charge >= 0.3 is 11.9 Å². The Kier molecular flexibility index (Phi) is 9.25. The van der Waals surface area contributed by atoms with E-state index in [1.54, 1.807) is 12.1 Å². The van der Waals surface area contributed by atoms with E-state index in [2.05, 4.69) is 9.47 Å². The number of aliphatic hydroxyl groups is 2. The zero-order valence-electron chi connectivity index (χ0n) is 15.2. The summed E-state index contributed by atoms with van der Waals surface area (Å²) in [7, 11) is 2.52. The summed E-state index contributed by atoms with van der Waals surface area (Å²) in [6.45, 7) is 7.64. The van der Waals surface area contributed by atoms with Crippen molar-refractivity contribution < 1.29 is 29.3 Å². The maximum atomic E-state index is 11.2. The van der Waals surface area contributed by atoms with Gasteiger partial charge in [-0.1, -0.05) is 39.8 Å². The Morgan fingerprint density at radius 2 is 1.42 bits per heavy atom. The van der Waals surface area contributed by atoms with Crippen molar-refractivity contribution >= 4 is 11.9 Å². The van der Waals surface area contributed by atoms with Crippen molar-refractivity contribution in [1.82, 2.24) is 0 Å². The van der Waals surface area contributed by atoms with Gasteiger partial charge in [0.25, 0.3) is 0 Å². The first-order valence-corrected chi connectivity index (χ1v) is 7.67. The van der Waals surface area contributed by atoms with Crippen LogP contribution in [0.4, 0.5) is 0 Å². The molecule has 0 bridgehead atoms. The zero-order chi connectivity index (χ0) is 18.9. The Bertz CT molecular complexity index is 501. The number of ether oxygens (including phenoxy) is 2. The van der Waals surface area contributed by atoms with Crippen molar-refractivity contribution in [2.45, 2.75) is 33.8 Å². The number of aliphatic hydroxyl groups excluding tert-OH is 2. The van der Waals surface area contributed by atoms with Crippen molar-refractivity contribution in [3.05, 3.63) is 35.4 Å². The van der Waals surface area contributed by atoms with E-state index in [1.165, 1.54) is 26.4 Å². The van der Waals surface area contributed by atoms with Crippen LogP contribution in [0.1, 0.15) is 48.4 Å². The average Bonchev–Trinajstić information content (AvgIpc) is 2.59. The number of hydrogen-bond acceptors (Lipinski definition) is 6. The molecule has 0 heterocycles. The van der Waals surface area contributed by atoms with E-state index >= 15 is 0 Å². The van der Waals surface area contributed by atoms with Crippen LogP contribution in [0, 0.1) is 11.3 Å². The van der Waals surface area contributed by atoms with Crippen LogP contribution in [-0.4, -0.2) is 49.1 Å². The number of hydrogen-bond donors (Lipinski definition) is 2.